The molecule has 3 heterocycles. The van der Waals surface area contributed by atoms with Gasteiger partial charge in [0.05, 0.1) is 12.7 Å². The van der Waals surface area contributed by atoms with Crippen LogP contribution in [0.3, 0.4) is 0 Å². The minimum Gasteiger partial charge on any atom is -0.497 e. The molecule has 1 aromatic heterocycles. The first-order valence-corrected chi connectivity index (χ1v) is 9.87. The molecule has 0 radical (unpaired) electrons. The zero-order chi connectivity index (χ0) is 20.9. The number of hydrogen-bond acceptors (Lipinski definition) is 5. The van der Waals surface area contributed by atoms with E-state index in [1.54, 1.807) is 19.2 Å². The van der Waals surface area contributed by atoms with Crippen LogP contribution < -0.4 is 15.2 Å². The van der Waals surface area contributed by atoms with Crippen LogP contribution in [0, 0.1) is 0 Å². The van der Waals surface area contributed by atoms with E-state index in [-0.39, 0.29) is 11.3 Å². The first-order chi connectivity index (χ1) is 14.6. The van der Waals surface area contributed by atoms with Crippen LogP contribution in [0.2, 0.25) is 0 Å². The quantitative estimate of drug-likeness (QED) is 0.722. The molecule has 2 aliphatic rings. The lowest BCUT2D eigenvalue weighted by atomic mass is 9.89. The fraction of sp³-hybridized carbons (Fsp3) is 0.167. The first kappa shape index (κ1) is 18.2. The van der Waals surface area contributed by atoms with E-state index in [0.29, 0.717) is 22.2 Å². The van der Waals surface area contributed by atoms with Gasteiger partial charge in [-0.3, -0.25) is 9.59 Å². The molecule has 2 aliphatic heterocycles. The maximum atomic E-state index is 13.9. The van der Waals surface area contributed by atoms with Gasteiger partial charge in [0.1, 0.15) is 17.1 Å². The van der Waals surface area contributed by atoms with E-state index >= 15 is 0 Å². The number of ketones is 1. The Morgan fingerprint density at radius 1 is 0.967 bits per heavy atom. The summed E-state index contributed by atoms with van der Waals surface area (Å²) in [7, 11) is 1.61. The predicted molar refractivity (Wildman–Crippen MR) is 117 cm³/mol. The second-order valence-corrected chi connectivity index (χ2v) is 7.37. The van der Waals surface area contributed by atoms with Crippen molar-refractivity contribution < 1.29 is 9.53 Å². The Morgan fingerprint density at radius 3 is 2.27 bits per heavy atom. The number of carbonyl (C=O) groups is 1. The van der Waals surface area contributed by atoms with Crippen molar-refractivity contribution in [2.75, 3.05) is 18.6 Å². The summed E-state index contributed by atoms with van der Waals surface area (Å²) >= 11 is 0. The number of nitrogens with one attached hydrogen (secondary N) is 1. The van der Waals surface area contributed by atoms with Crippen LogP contribution in [-0.2, 0) is 0 Å². The van der Waals surface area contributed by atoms with Crippen LogP contribution >= 0.6 is 0 Å². The molecule has 5 rings (SSSR count). The molecule has 0 fully saturated rings. The van der Waals surface area contributed by atoms with Crippen molar-refractivity contribution in [2.45, 2.75) is 12.5 Å². The molecule has 1 spiro atoms. The van der Waals surface area contributed by atoms with Crippen LogP contribution in [0.5, 0.6) is 5.75 Å². The second kappa shape index (κ2) is 6.62. The van der Waals surface area contributed by atoms with Gasteiger partial charge in [-0.25, -0.2) is 0 Å². The standard InChI is InChI=1S/C24H21N3O3/c1-3-26-14-12-24(13-15-26)21(28)20-18-6-4-5-7-19(18)23(29)25-22(20)27(24)16-8-10-17(30-2)11-9-16/h4-15H,3H2,1-2H3,(H,25,29). The van der Waals surface area contributed by atoms with Gasteiger partial charge in [-0.05, 0) is 49.4 Å². The molecule has 0 unspecified atom stereocenters. The Labute approximate surface area is 173 Å². The summed E-state index contributed by atoms with van der Waals surface area (Å²) in [5.74, 6) is 1.16. The number of methoxy groups -OCH3 is 1. The van der Waals surface area contributed by atoms with Gasteiger partial charge in [-0.1, -0.05) is 18.2 Å². The van der Waals surface area contributed by atoms with Gasteiger partial charge in [0, 0.05) is 35.4 Å². The number of ether oxygens (including phenoxy) is 1. The van der Waals surface area contributed by atoms with Gasteiger partial charge >= 0.3 is 0 Å². The maximum Gasteiger partial charge on any atom is 0.257 e. The Hall–Kier alpha value is -3.80. The zero-order valence-electron chi connectivity index (χ0n) is 16.8. The van der Waals surface area contributed by atoms with Crippen molar-refractivity contribution in [3.63, 3.8) is 0 Å². The lowest BCUT2D eigenvalue weighted by Crippen LogP contribution is -2.46. The average Bonchev–Trinajstić information content (AvgIpc) is 3.02. The Kier molecular flexibility index (Phi) is 4.03. The molecule has 0 aliphatic carbocycles. The number of hydrogen-bond donors (Lipinski definition) is 1. The summed E-state index contributed by atoms with van der Waals surface area (Å²) in [6, 6.07) is 14.7. The zero-order valence-corrected chi connectivity index (χ0v) is 16.8. The summed E-state index contributed by atoms with van der Waals surface area (Å²) in [6.07, 6.45) is 7.63. The van der Waals surface area contributed by atoms with Gasteiger partial charge in [0.15, 0.2) is 0 Å². The molecule has 0 atom stereocenters. The second-order valence-electron chi connectivity index (χ2n) is 7.37. The van der Waals surface area contributed by atoms with Crippen molar-refractivity contribution >= 4 is 28.1 Å². The number of aromatic amines is 1. The van der Waals surface area contributed by atoms with Crippen LogP contribution in [0.15, 0.2) is 77.9 Å². The van der Waals surface area contributed by atoms with Crippen molar-refractivity contribution in [1.29, 1.82) is 0 Å². The molecule has 0 saturated carbocycles. The topological polar surface area (TPSA) is 65.6 Å². The molecule has 0 saturated heterocycles. The van der Waals surface area contributed by atoms with Gasteiger partial charge in [0.2, 0.25) is 5.78 Å². The highest BCUT2D eigenvalue weighted by molar-refractivity contribution is 6.24. The SMILES string of the molecule is CCN1C=CC2(C=C1)C(=O)c1c([nH]c(=O)c3ccccc13)N2c1ccc(OC)cc1. The van der Waals surface area contributed by atoms with Crippen LogP contribution in [0.4, 0.5) is 11.5 Å². The highest BCUT2D eigenvalue weighted by Gasteiger charge is 2.51. The number of nitrogens with zero attached hydrogens (tertiary/aromatic N) is 2. The van der Waals surface area contributed by atoms with E-state index in [4.69, 9.17) is 4.74 Å². The summed E-state index contributed by atoms with van der Waals surface area (Å²) in [5.41, 5.74) is 0.0513. The Morgan fingerprint density at radius 2 is 1.63 bits per heavy atom. The molecule has 150 valence electrons. The third-order valence-corrected chi connectivity index (χ3v) is 5.83. The number of pyridine rings is 1. The van der Waals surface area contributed by atoms with Crippen molar-refractivity contribution in [3.8, 4) is 5.75 Å². The molecule has 30 heavy (non-hydrogen) atoms. The van der Waals surface area contributed by atoms with Gasteiger partial charge in [-0.15, -0.1) is 0 Å². The van der Waals surface area contributed by atoms with Crippen LogP contribution in [0.1, 0.15) is 17.3 Å². The number of benzene rings is 2. The predicted octanol–water partition coefficient (Wildman–Crippen LogP) is 3.97. The largest absolute Gasteiger partial charge is 0.497 e. The van der Waals surface area contributed by atoms with E-state index in [1.807, 2.05) is 77.7 Å². The van der Waals surface area contributed by atoms with Crippen LogP contribution in [-0.4, -0.2) is 34.9 Å². The number of carbonyl (C=O) groups excluding carboxylic acids is 1. The van der Waals surface area contributed by atoms with Gasteiger partial charge in [-0.2, -0.15) is 0 Å². The van der Waals surface area contributed by atoms with Crippen molar-refractivity contribution in [2.24, 2.45) is 0 Å². The van der Waals surface area contributed by atoms with E-state index in [1.165, 1.54) is 0 Å². The monoisotopic (exact) mass is 399 g/mol. The molecule has 0 bridgehead atoms. The molecular weight excluding hydrogens is 378 g/mol. The average molecular weight is 399 g/mol. The van der Waals surface area contributed by atoms with Gasteiger partial charge in [0.25, 0.3) is 5.56 Å². The van der Waals surface area contributed by atoms with E-state index < -0.39 is 5.54 Å². The van der Waals surface area contributed by atoms with E-state index in [0.717, 1.165) is 18.0 Å². The molecule has 0 amide bonds. The number of H-pyrrole nitrogens is 1. The molecule has 6 heteroatoms. The summed E-state index contributed by atoms with van der Waals surface area (Å²) in [4.78, 5) is 33.6. The highest BCUT2D eigenvalue weighted by Crippen LogP contribution is 2.47. The lowest BCUT2D eigenvalue weighted by Gasteiger charge is -2.36. The maximum absolute atomic E-state index is 13.9. The number of fused-ring (bicyclic) bond motifs is 3. The van der Waals surface area contributed by atoms with E-state index in [9.17, 15) is 9.59 Å². The fourth-order valence-corrected chi connectivity index (χ4v) is 4.26. The minimum atomic E-state index is -1.05. The lowest BCUT2D eigenvalue weighted by molar-refractivity contribution is 0.0958. The van der Waals surface area contributed by atoms with Crippen molar-refractivity contribution in [1.82, 2.24) is 9.88 Å². The normalized spacial score (nSPS) is 16.5. The molecule has 1 N–H and O–H groups in total. The van der Waals surface area contributed by atoms with Crippen LogP contribution in [0.25, 0.3) is 10.8 Å². The summed E-state index contributed by atoms with van der Waals surface area (Å²) in [6.45, 7) is 2.84. The van der Waals surface area contributed by atoms with Gasteiger partial charge < -0.3 is 19.5 Å². The minimum absolute atomic E-state index is 0.0657. The first-order valence-electron chi connectivity index (χ1n) is 9.87. The summed E-state index contributed by atoms with van der Waals surface area (Å²) < 4.78 is 5.29. The smallest absolute Gasteiger partial charge is 0.257 e. The molecule has 2 aromatic carbocycles. The van der Waals surface area contributed by atoms with E-state index in [2.05, 4.69) is 4.98 Å². The number of rotatable bonds is 3. The van der Waals surface area contributed by atoms with Crippen molar-refractivity contribution in [3.05, 3.63) is 89.0 Å². The number of Topliss-reactive ketones (excluding diaryl/α,β-unsaturated/α-hetero) is 1. The Balaban J connectivity index is 1.80. The third kappa shape index (κ3) is 2.43. The number of anilines is 2. The Bertz CT molecular complexity index is 1260. The molecular formula is C24H21N3O3. The summed E-state index contributed by atoms with van der Waals surface area (Å²) in [5, 5.41) is 1.17. The third-order valence-electron chi connectivity index (χ3n) is 5.83. The number of aromatic nitrogens is 1. The molecule has 6 nitrogen and oxygen atoms in total. The molecule has 3 aromatic rings. The fourth-order valence-electron chi connectivity index (χ4n) is 4.26. The highest BCUT2D eigenvalue weighted by atomic mass is 16.5.